The van der Waals surface area contributed by atoms with Gasteiger partial charge in [0.2, 0.25) is 0 Å². The van der Waals surface area contributed by atoms with Crippen molar-refractivity contribution >= 4 is 60.8 Å². The summed E-state index contributed by atoms with van der Waals surface area (Å²) in [5.41, 5.74) is 14.9. The van der Waals surface area contributed by atoms with E-state index < -0.39 is 0 Å². The Morgan fingerprint density at radius 3 is 2.10 bits per heavy atom. The number of rotatable bonds is 4. The van der Waals surface area contributed by atoms with E-state index in [4.69, 9.17) is 4.42 Å². The van der Waals surface area contributed by atoms with E-state index in [9.17, 15) is 0 Å². The highest BCUT2D eigenvalue weighted by Crippen LogP contribution is 2.66. The SMILES string of the molecule is c1ccc(-n2c3ccccc3c3ccc(N(c4ccc5c(c4)C4(CC6CCC4C6)c4ccccc4-5)c4ccc5oc6ccccc6c5c4)cc32)cc1. The van der Waals surface area contributed by atoms with Crippen molar-refractivity contribution in [1.29, 1.82) is 0 Å². The van der Waals surface area contributed by atoms with Crippen LogP contribution in [0, 0.1) is 11.8 Å². The molecule has 0 N–H and O–H groups in total. The van der Waals surface area contributed by atoms with E-state index in [0.717, 1.165) is 44.9 Å². The van der Waals surface area contributed by atoms with Crippen LogP contribution in [0.3, 0.4) is 0 Å². The fourth-order valence-electron chi connectivity index (χ4n) is 10.8. The zero-order valence-electron chi connectivity index (χ0n) is 28.8. The van der Waals surface area contributed by atoms with E-state index in [2.05, 4.69) is 161 Å². The molecule has 2 heterocycles. The van der Waals surface area contributed by atoms with E-state index >= 15 is 0 Å². The van der Waals surface area contributed by atoms with Gasteiger partial charge in [-0.2, -0.15) is 0 Å². The molecule has 7 aromatic carbocycles. The molecule has 0 radical (unpaired) electrons. The van der Waals surface area contributed by atoms with Crippen molar-refractivity contribution in [1.82, 2.24) is 4.57 Å². The van der Waals surface area contributed by atoms with E-state index in [0.29, 0.717) is 5.92 Å². The zero-order valence-corrected chi connectivity index (χ0v) is 28.8. The van der Waals surface area contributed by atoms with Crippen LogP contribution in [0.4, 0.5) is 17.1 Å². The van der Waals surface area contributed by atoms with Crippen molar-refractivity contribution in [2.45, 2.75) is 31.1 Å². The van der Waals surface area contributed by atoms with Gasteiger partial charge in [0.05, 0.1) is 11.0 Å². The number of para-hydroxylation sites is 3. The summed E-state index contributed by atoms with van der Waals surface area (Å²) < 4.78 is 8.74. The van der Waals surface area contributed by atoms with E-state index in [1.54, 1.807) is 5.56 Å². The predicted octanol–water partition coefficient (Wildman–Crippen LogP) is 13.2. The molecule has 3 heteroatoms. The van der Waals surface area contributed by atoms with E-state index in [1.807, 2.05) is 6.07 Å². The summed E-state index contributed by atoms with van der Waals surface area (Å²) in [6.07, 6.45) is 5.33. The van der Waals surface area contributed by atoms with Gasteiger partial charge in [-0.15, -0.1) is 0 Å². The van der Waals surface area contributed by atoms with Crippen LogP contribution in [0.5, 0.6) is 0 Å². The second-order valence-electron chi connectivity index (χ2n) is 15.3. The third-order valence-corrected chi connectivity index (χ3v) is 12.8. The van der Waals surface area contributed by atoms with Gasteiger partial charge in [-0.3, -0.25) is 0 Å². The average Bonchev–Trinajstić information content (AvgIpc) is 4.02. The quantitative estimate of drug-likeness (QED) is 0.186. The molecule has 52 heavy (non-hydrogen) atoms. The third-order valence-electron chi connectivity index (χ3n) is 12.8. The molecular weight excluding hydrogens is 633 g/mol. The molecular formula is C49H36N2O. The Hall–Kier alpha value is -6.06. The van der Waals surface area contributed by atoms with Gasteiger partial charge in [0.15, 0.2) is 0 Å². The summed E-state index contributed by atoms with van der Waals surface area (Å²) in [5, 5.41) is 4.80. The largest absolute Gasteiger partial charge is 0.456 e. The van der Waals surface area contributed by atoms with Gasteiger partial charge in [-0.25, -0.2) is 0 Å². The van der Waals surface area contributed by atoms with Gasteiger partial charge >= 0.3 is 0 Å². The maximum atomic E-state index is 6.32. The van der Waals surface area contributed by atoms with Crippen molar-refractivity contribution in [2.24, 2.45) is 11.8 Å². The number of nitrogens with zero attached hydrogens (tertiary/aromatic N) is 2. The minimum atomic E-state index is 0.102. The Morgan fingerprint density at radius 2 is 1.21 bits per heavy atom. The Labute approximate surface area is 302 Å². The first kappa shape index (κ1) is 28.6. The first-order valence-corrected chi connectivity index (χ1v) is 18.8. The summed E-state index contributed by atoms with van der Waals surface area (Å²) in [4.78, 5) is 2.48. The number of benzene rings is 7. The van der Waals surface area contributed by atoms with Gasteiger partial charge < -0.3 is 13.9 Å². The summed E-state index contributed by atoms with van der Waals surface area (Å²) >= 11 is 0. The lowest BCUT2D eigenvalue weighted by molar-refractivity contribution is 0.327. The van der Waals surface area contributed by atoms with E-state index in [-0.39, 0.29) is 5.41 Å². The van der Waals surface area contributed by atoms with Gasteiger partial charge in [-0.05, 0) is 120 Å². The number of hydrogen-bond donors (Lipinski definition) is 0. The molecule has 2 fully saturated rings. The topological polar surface area (TPSA) is 21.3 Å². The van der Waals surface area contributed by atoms with Crippen molar-refractivity contribution < 1.29 is 4.42 Å². The third kappa shape index (κ3) is 3.80. The van der Waals surface area contributed by atoms with E-state index in [1.165, 1.54) is 69.9 Å². The molecule has 248 valence electrons. The van der Waals surface area contributed by atoms with Crippen molar-refractivity contribution in [2.75, 3.05) is 4.90 Å². The van der Waals surface area contributed by atoms with Gasteiger partial charge in [0.25, 0.3) is 0 Å². The number of fused-ring (bicyclic) bond motifs is 14. The molecule has 0 saturated heterocycles. The highest BCUT2D eigenvalue weighted by atomic mass is 16.3. The molecule has 0 amide bonds. The van der Waals surface area contributed by atoms with Crippen LogP contribution in [0.1, 0.15) is 36.8 Å². The van der Waals surface area contributed by atoms with Gasteiger partial charge in [0.1, 0.15) is 11.2 Å². The number of aromatic nitrogens is 1. The summed E-state index contributed by atoms with van der Waals surface area (Å²) in [7, 11) is 0. The van der Waals surface area contributed by atoms with Crippen LogP contribution < -0.4 is 4.90 Å². The highest BCUT2D eigenvalue weighted by Gasteiger charge is 2.56. The van der Waals surface area contributed by atoms with Crippen molar-refractivity contribution in [3.8, 4) is 16.8 Å². The molecule has 2 bridgehead atoms. The second kappa shape index (κ2) is 10.5. The maximum absolute atomic E-state index is 6.32. The Balaban J connectivity index is 1.12. The Kier molecular flexibility index (Phi) is 5.77. The zero-order chi connectivity index (χ0) is 34.0. The first-order chi connectivity index (χ1) is 25.7. The lowest BCUT2D eigenvalue weighted by Crippen LogP contribution is -2.32. The molecule has 3 atom stereocenters. The molecule has 3 aliphatic carbocycles. The monoisotopic (exact) mass is 668 g/mol. The maximum Gasteiger partial charge on any atom is 0.135 e. The molecule has 3 unspecified atom stereocenters. The minimum absolute atomic E-state index is 0.102. The summed E-state index contributed by atoms with van der Waals surface area (Å²) in [6, 6.07) is 58.3. The summed E-state index contributed by atoms with van der Waals surface area (Å²) in [6.45, 7) is 0. The van der Waals surface area contributed by atoms with Crippen LogP contribution in [-0.2, 0) is 5.41 Å². The second-order valence-corrected chi connectivity index (χ2v) is 15.3. The predicted molar refractivity (Wildman–Crippen MR) is 214 cm³/mol. The van der Waals surface area contributed by atoms with Gasteiger partial charge in [-0.1, -0.05) is 97.4 Å². The molecule has 1 spiro atoms. The molecule has 9 aromatic rings. The Morgan fingerprint density at radius 1 is 0.519 bits per heavy atom. The first-order valence-electron chi connectivity index (χ1n) is 18.8. The number of hydrogen-bond acceptors (Lipinski definition) is 2. The van der Waals surface area contributed by atoms with Crippen molar-refractivity contribution in [3.63, 3.8) is 0 Å². The van der Waals surface area contributed by atoms with Crippen molar-refractivity contribution in [3.05, 3.63) is 169 Å². The smallest absolute Gasteiger partial charge is 0.135 e. The van der Waals surface area contributed by atoms with Crippen LogP contribution in [0.2, 0.25) is 0 Å². The summed E-state index contributed by atoms with van der Waals surface area (Å²) in [5.74, 6) is 1.53. The fraction of sp³-hybridized carbons (Fsp3) is 0.143. The Bertz CT molecular complexity index is 2900. The molecule has 12 rings (SSSR count). The van der Waals surface area contributed by atoms with Crippen LogP contribution >= 0.6 is 0 Å². The number of furan rings is 1. The van der Waals surface area contributed by atoms with Crippen LogP contribution in [0.15, 0.2) is 162 Å². The lowest BCUT2D eigenvalue weighted by Gasteiger charge is -2.37. The number of anilines is 3. The molecule has 2 aromatic heterocycles. The fourth-order valence-corrected chi connectivity index (χ4v) is 10.8. The highest BCUT2D eigenvalue weighted by molar-refractivity contribution is 6.11. The standard InChI is InChI=1S/C49H36N2O/c1-2-10-33(11-3-1)51-45-16-8-5-13-39(45)40-24-21-36(29-46(40)51)50(34-22-25-48-42(27-34)41-14-6-9-17-47(41)52-48)35-20-23-38-37-12-4-7-15-43(37)49(44(38)28-35)30-31-18-19-32(49)26-31/h1-17,20-25,27-29,31-32H,18-19,26,30H2. The van der Waals surface area contributed by atoms with Crippen LogP contribution in [0.25, 0.3) is 60.6 Å². The molecule has 0 aliphatic heterocycles. The normalized spacial score (nSPS) is 20.1. The molecule has 3 nitrogen and oxygen atoms in total. The average molecular weight is 669 g/mol. The minimum Gasteiger partial charge on any atom is -0.456 e. The molecule has 3 aliphatic rings. The van der Waals surface area contributed by atoms with Crippen LogP contribution in [-0.4, -0.2) is 4.57 Å². The molecule has 2 saturated carbocycles. The van der Waals surface area contributed by atoms with Gasteiger partial charge in [0, 0.05) is 49.7 Å². The lowest BCUT2D eigenvalue weighted by atomic mass is 9.67.